The van der Waals surface area contributed by atoms with Gasteiger partial charge in [0, 0.05) is 26.0 Å². The summed E-state index contributed by atoms with van der Waals surface area (Å²) in [4.78, 5) is 25.3. The zero-order chi connectivity index (χ0) is 36.5. The van der Waals surface area contributed by atoms with Crippen LogP contribution in [0.2, 0.25) is 0 Å². The maximum atomic E-state index is 12.5. The Labute approximate surface area is 305 Å². The van der Waals surface area contributed by atoms with Crippen LogP contribution in [0.1, 0.15) is 226 Å². The van der Waals surface area contributed by atoms with E-state index in [1.807, 2.05) is 6.92 Å². The summed E-state index contributed by atoms with van der Waals surface area (Å²) in [6, 6.07) is -0.912. The van der Waals surface area contributed by atoms with Crippen LogP contribution in [0.25, 0.3) is 0 Å². The second-order valence-electron chi connectivity index (χ2n) is 14.4. The number of hydrogen-bond acceptors (Lipinski definition) is 4. The van der Waals surface area contributed by atoms with Crippen molar-refractivity contribution < 1.29 is 19.8 Å². The third kappa shape index (κ3) is 37.7. The highest BCUT2D eigenvalue weighted by Gasteiger charge is 2.28. The van der Waals surface area contributed by atoms with Gasteiger partial charge in [0.15, 0.2) is 0 Å². The fourth-order valence-corrected chi connectivity index (χ4v) is 6.41. The largest absolute Gasteiger partial charge is 0.480 e. The Morgan fingerprint density at radius 1 is 0.551 bits per heavy atom. The van der Waals surface area contributed by atoms with Crippen molar-refractivity contribution in [2.45, 2.75) is 232 Å². The number of unbranched alkanes of at least 4 members (excludes halogenated alkanes) is 26. The first kappa shape index (κ1) is 49.7. The summed E-state index contributed by atoms with van der Waals surface area (Å²) < 4.78 is 0. The summed E-state index contributed by atoms with van der Waals surface area (Å²) in [7, 11) is 0. The quantitative estimate of drug-likeness (QED) is 0.0443. The number of rotatable bonds is 37. The molecule has 0 heterocycles. The van der Waals surface area contributed by atoms with E-state index >= 15 is 0 Å². The van der Waals surface area contributed by atoms with Gasteiger partial charge < -0.3 is 20.8 Å². The van der Waals surface area contributed by atoms with Gasteiger partial charge in [-0.3, -0.25) is 4.79 Å². The topological polar surface area (TPSA) is 104 Å². The van der Waals surface area contributed by atoms with Crippen LogP contribution in [0.3, 0.4) is 0 Å². The molecule has 0 aliphatic rings. The van der Waals surface area contributed by atoms with E-state index in [2.05, 4.69) is 26.0 Å². The van der Waals surface area contributed by atoms with Crippen LogP contribution in [-0.4, -0.2) is 52.7 Å². The predicted molar refractivity (Wildman–Crippen MR) is 213 cm³/mol. The average molecular weight is 695 g/mol. The molecule has 1 atom stereocenters. The highest BCUT2D eigenvalue weighted by Crippen LogP contribution is 2.15. The van der Waals surface area contributed by atoms with Gasteiger partial charge in [-0.1, -0.05) is 181 Å². The van der Waals surface area contributed by atoms with Crippen LogP contribution in [-0.2, 0) is 9.59 Å². The van der Waals surface area contributed by atoms with E-state index in [9.17, 15) is 14.7 Å². The molecule has 0 rings (SSSR count). The smallest absolute Gasteiger partial charge is 0.326 e. The predicted octanol–water partition coefficient (Wildman–Crippen LogP) is 12.3. The first-order valence-electron chi connectivity index (χ1n) is 21.5. The van der Waals surface area contributed by atoms with E-state index in [4.69, 9.17) is 10.8 Å². The molecule has 0 aliphatic heterocycles. The lowest BCUT2D eigenvalue weighted by Gasteiger charge is -2.28. The molecule has 4 N–H and O–H groups in total. The van der Waals surface area contributed by atoms with Crippen LogP contribution >= 0.6 is 0 Å². The van der Waals surface area contributed by atoms with Crippen molar-refractivity contribution in [3.8, 4) is 0 Å². The number of nitrogens with zero attached hydrogens (tertiary/aromatic N) is 1. The molecule has 0 bridgehead atoms. The van der Waals surface area contributed by atoms with Crippen LogP contribution in [0.15, 0.2) is 12.2 Å². The molecule has 0 aromatic heterocycles. The number of hydrogen-bond donors (Lipinski definition) is 3. The summed E-state index contributed by atoms with van der Waals surface area (Å²) in [5.41, 5.74) is 5.48. The zero-order valence-corrected chi connectivity index (χ0v) is 33.2. The number of carboxylic acid groups (broad SMARTS) is 1. The van der Waals surface area contributed by atoms with Gasteiger partial charge in [-0.2, -0.15) is 0 Å². The van der Waals surface area contributed by atoms with Crippen LogP contribution in [0, 0.1) is 0 Å². The number of nitrogens with two attached hydrogens (primary N) is 1. The summed E-state index contributed by atoms with van der Waals surface area (Å²) in [5.74, 6) is -1.13. The normalized spacial score (nSPS) is 11.9. The van der Waals surface area contributed by atoms with Gasteiger partial charge in [-0.05, 0) is 51.5 Å². The fraction of sp³-hybridized carbons (Fsp3) is 0.907. The van der Waals surface area contributed by atoms with Crippen molar-refractivity contribution in [2.24, 2.45) is 5.73 Å². The molecule has 6 heteroatoms. The molecule has 0 fully saturated rings. The molecule has 0 aromatic carbocycles. The first-order valence-corrected chi connectivity index (χ1v) is 21.5. The molecule has 6 nitrogen and oxygen atoms in total. The van der Waals surface area contributed by atoms with Gasteiger partial charge in [0.25, 0.3) is 0 Å². The SMILES string of the molecule is CCCCCCCC/C=C\CCCCCCCC(=O)N(CCC)C(CCO)C(=O)O.CCCCCCCCCCCCCCCCCCN. The van der Waals surface area contributed by atoms with Gasteiger partial charge in [0.05, 0.1) is 0 Å². The Morgan fingerprint density at radius 2 is 0.918 bits per heavy atom. The number of carbonyl (C=O) groups excluding carboxylic acids is 1. The average Bonchev–Trinajstić information content (AvgIpc) is 3.09. The van der Waals surface area contributed by atoms with E-state index in [0.29, 0.717) is 19.4 Å². The van der Waals surface area contributed by atoms with E-state index in [0.717, 1.165) is 32.2 Å². The third-order valence-corrected chi connectivity index (χ3v) is 9.56. The fourth-order valence-electron chi connectivity index (χ4n) is 6.41. The number of amides is 1. The van der Waals surface area contributed by atoms with Crippen molar-refractivity contribution in [1.82, 2.24) is 4.90 Å². The Kier molecular flexibility index (Phi) is 43.4. The highest BCUT2D eigenvalue weighted by molar-refractivity contribution is 5.83. The first-order chi connectivity index (χ1) is 24.0. The molecule has 49 heavy (non-hydrogen) atoms. The molecule has 0 saturated carbocycles. The summed E-state index contributed by atoms with van der Waals surface area (Å²) in [6.07, 6.45) is 44.4. The van der Waals surface area contributed by atoms with Crippen molar-refractivity contribution in [1.29, 1.82) is 0 Å². The minimum absolute atomic E-state index is 0.0907. The molecule has 1 amide bonds. The number of aliphatic hydroxyl groups excluding tert-OH is 1. The Hall–Kier alpha value is -1.40. The van der Waals surface area contributed by atoms with Crippen molar-refractivity contribution in [2.75, 3.05) is 19.7 Å². The lowest BCUT2D eigenvalue weighted by Crippen LogP contribution is -2.46. The number of allylic oxidation sites excluding steroid dienone is 2. The molecule has 1 unspecified atom stereocenters. The lowest BCUT2D eigenvalue weighted by molar-refractivity contribution is -0.151. The van der Waals surface area contributed by atoms with Crippen LogP contribution < -0.4 is 5.73 Å². The number of aliphatic carboxylic acids is 1. The van der Waals surface area contributed by atoms with E-state index in [-0.39, 0.29) is 18.9 Å². The highest BCUT2D eigenvalue weighted by atomic mass is 16.4. The molecule has 0 aromatic rings. The second-order valence-corrected chi connectivity index (χ2v) is 14.4. The molecular weight excluding hydrogens is 608 g/mol. The van der Waals surface area contributed by atoms with Crippen LogP contribution in [0.4, 0.5) is 0 Å². The lowest BCUT2D eigenvalue weighted by atomic mass is 10.0. The summed E-state index contributed by atoms with van der Waals surface area (Å²) in [6.45, 7) is 7.55. The van der Waals surface area contributed by atoms with Crippen molar-refractivity contribution >= 4 is 11.9 Å². The minimum Gasteiger partial charge on any atom is -0.480 e. The minimum atomic E-state index is -1.03. The third-order valence-electron chi connectivity index (χ3n) is 9.56. The van der Waals surface area contributed by atoms with Gasteiger partial charge in [0.1, 0.15) is 6.04 Å². The number of carbonyl (C=O) groups is 2. The van der Waals surface area contributed by atoms with Crippen molar-refractivity contribution in [3.05, 3.63) is 12.2 Å². The maximum absolute atomic E-state index is 12.5. The molecule has 0 aliphatic carbocycles. The zero-order valence-electron chi connectivity index (χ0n) is 33.2. The standard InChI is InChI=1S/C25H47NO4.C18H39N/c1-3-5-6-7-8-9-10-11-12-13-14-15-16-17-18-19-24(28)26(21-4-2)23(20-22-27)25(29)30;1-2-3-4-5-6-7-8-9-10-11-12-13-14-15-16-17-18-19/h11-12,23,27H,3-10,13-22H2,1-2H3,(H,29,30);2-19H2,1H3/b12-11-;. The molecule has 0 spiro atoms. The van der Waals surface area contributed by atoms with E-state index < -0.39 is 12.0 Å². The monoisotopic (exact) mass is 695 g/mol. The Morgan fingerprint density at radius 3 is 1.27 bits per heavy atom. The second kappa shape index (κ2) is 42.8. The van der Waals surface area contributed by atoms with Crippen molar-refractivity contribution in [3.63, 3.8) is 0 Å². The van der Waals surface area contributed by atoms with Gasteiger partial charge in [-0.25, -0.2) is 4.79 Å². The molecule has 292 valence electrons. The molecule has 0 saturated heterocycles. The van der Waals surface area contributed by atoms with Crippen LogP contribution in [0.5, 0.6) is 0 Å². The Bertz CT molecular complexity index is 683. The number of aliphatic hydroxyl groups is 1. The van der Waals surface area contributed by atoms with E-state index in [1.54, 1.807) is 0 Å². The van der Waals surface area contributed by atoms with Gasteiger partial charge >= 0.3 is 5.97 Å². The molecule has 0 radical (unpaired) electrons. The van der Waals surface area contributed by atoms with Gasteiger partial charge in [0.2, 0.25) is 5.91 Å². The maximum Gasteiger partial charge on any atom is 0.326 e. The van der Waals surface area contributed by atoms with Gasteiger partial charge in [-0.15, -0.1) is 0 Å². The number of carboxylic acids is 1. The summed E-state index contributed by atoms with van der Waals surface area (Å²) in [5, 5.41) is 18.4. The summed E-state index contributed by atoms with van der Waals surface area (Å²) >= 11 is 0. The van der Waals surface area contributed by atoms with E-state index in [1.165, 1.54) is 165 Å². The Balaban J connectivity index is 0. The molecular formula is C43H86N2O4.